The van der Waals surface area contributed by atoms with Crippen molar-refractivity contribution in [1.29, 1.82) is 0 Å². The van der Waals surface area contributed by atoms with E-state index >= 15 is 0 Å². The number of aryl methyl sites for hydroxylation is 2. The van der Waals surface area contributed by atoms with Gasteiger partial charge in [0.05, 0.1) is 23.6 Å². The van der Waals surface area contributed by atoms with Crippen molar-refractivity contribution >= 4 is 5.91 Å². The second-order valence-corrected chi connectivity index (χ2v) is 7.66. The topological polar surface area (TPSA) is 86.9 Å². The second kappa shape index (κ2) is 6.54. The largest absolute Gasteiger partial charge is 0.369 e. The van der Waals surface area contributed by atoms with Crippen LogP contribution in [0.15, 0.2) is 0 Å². The number of carbonyl (C=O) groups is 1. The summed E-state index contributed by atoms with van der Waals surface area (Å²) in [6.07, 6.45) is 2.66. The third-order valence-corrected chi connectivity index (χ3v) is 5.75. The molecule has 0 aliphatic carbocycles. The number of piperidine rings is 1. The summed E-state index contributed by atoms with van der Waals surface area (Å²) in [5.41, 5.74) is 4.74. The second-order valence-electron chi connectivity index (χ2n) is 7.66. The molecular formula is C19H27N5O2. The van der Waals surface area contributed by atoms with Crippen LogP contribution >= 0.6 is 0 Å². The first kappa shape index (κ1) is 17.3. The monoisotopic (exact) mass is 357 g/mol. The SMILES string of the molecule is Cc1nc(C2CCN(C(=O)c3n[nH]c4c3C[C@@H](C)O[C@H]4C)CC2)[nH]c1C. The van der Waals surface area contributed by atoms with Gasteiger partial charge < -0.3 is 14.6 Å². The number of fused-ring (bicyclic) bond motifs is 1. The zero-order valence-electron chi connectivity index (χ0n) is 15.9. The van der Waals surface area contributed by atoms with Crippen molar-refractivity contribution in [1.82, 2.24) is 25.1 Å². The first-order valence-electron chi connectivity index (χ1n) is 9.49. The van der Waals surface area contributed by atoms with Gasteiger partial charge in [-0.15, -0.1) is 0 Å². The van der Waals surface area contributed by atoms with E-state index in [1.54, 1.807) is 0 Å². The Morgan fingerprint density at radius 3 is 2.62 bits per heavy atom. The summed E-state index contributed by atoms with van der Waals surface area (Å²) in [5.74, 6) is 1.49. The number of rotatable bonds is 2. The molecule has 2 aliphatic rings. The van der Waals surface area contributed by atoms with Gasteiger partial charge in [-0.3, -0.25) is 9.89 Å². The minimum absolute atomic E-state index is 0.0362. The number of aromatic nitrogens is 4. The van der Waals surface area contributed by atoms with Crippen molar-refractivity contribution in [2.45, 2.75) is 65.1 Å². The lowest BCUT2D eigenvalue weighted by atomic mass is 9.95. The standard InChI is InChI=1S/C19H27N5O2/c1-10-9-15-16(13(4)26-10)22-23-17(15)19(25)24-7-5-14(6-8-24)18-20-11(2)12(3)21-18/h10,13-14H,5-9H2,1-4H3,(H,20,21)(H,22,23)/t10-,13+/m1/s1. The molecule has 0 bridgehead atoms. The van der Waals surface area contributed by atoms with E-state index in [4.69, 9.17) is 4.74 Å². The van der Waals surface area contributed by atoms with Gasteiger partial charge in [-0.2, -0.15) is 5.10 Å². The van der Waals surface area contributed by atoms with Crippen LogP contribution in [0.4, 0.5) is 0 Å². The number of H-pyrrole nitrogens is 2. The van der Waals surface area contributed by atoms with Crippen LogP contribution in [0, 0.1) is 13.8 Å². The lowest BCUT2D eigenvalue weighted by Gasteiger charge is -2.31. The summed E-state index contributed by atoms with van der Waals surface area (Å²) >= 11 is 0. The van der Waals surface area contributed by atoms with Crippen molar-refractivity contribution in [2.24, 2.45) is 0 Å². The number of ether oxygens (including phenoxy) is 1. The van der Waals surface area contributed by atoms with E-state index in [0.717, 1.165) is 60.8 Å². The molecule has 4 heterocycles. The highest BCUT2D eigenvalue weighted by atomic mass is 16.5. The van der Waals surface area contributed by atoms with E-state index in [9.17, 15) is 4.79 Å². The maximum absolute atomic E-state index is 13.0. The van der Waals surface area contributed by atoms with Crippen molar-refractivity contribution in [2.75, 3.05) is 13.1 Å². The Hall–Kier alpha value is -2.15. The first-order chi connectivity index (χ1) is 12.4. The van der Waals surface area contributed by atoms with Crippen LogP contribution in [0.5, 0.6) is 0 Å². The molecule has 2 aromatic heterocycles. The smallest absolute Gasteiger partial charge is 0.274 e. The van der Waals surface area contributed by atoms with Gasteiger partial charge in [0.25, 0.3) is 5.91 Å². The number of nitrogens with zero attached hydrogens (tertiary/aromatic N) is 3. The molecule has 4 rings (SSSR count). The van der Waals surface area contributed by atoms with Gasteiger partial charge in [0.15, 0.2) is 5.69 Å². The predicted octanol–water partition coefficient (Wildman–Crippen LogP) is 2.79. The van der Waals surface area contributed by atoms with E-state index in [1.807, 2.05) is 25.7 Å². The molecule has 26 heavy (non-hydrogen) atoms. The highest BCUT2D eigenvalue weighted by Gasteiger charge is 2.33. The molecule has 140 valence electrons. The van der Waals surface area contributed by atoms with Crippen molar-refractivity contribution < 1.29 is 9.53 Å². The Bertz CT molecular complexity index is 797. The van der Waals surface area contributed by atoms with E-state index in [2.05, 4.69) is 27.1 Å². The number of hydrogen-bond acceptors (Lipinski definition) is 4. The highest BCUT2D eigenvalue weighted by Crippen LogP contribution is 2.32. The number of nitrogens with one attached hydrogen (secondary N) is 2. The molecule has 7 heteroatoms. The molecule has 1 saturated heterocycles. The molecule has 7 nitrogen and oxygen atoms in total. The van der Waals surface area contributed by atoms with E-state index in [0.29, 0.717) is 11.6 Å². The highest BCUT2D eigenvalue weighted by molar-refractivity contribution is 5.94. The molecule has 2 atom stereocenters. The van der Waals surface area contributed by atoms with Gasteiger partial charge in [-0.25, -0.2) is 4.98 Å². The third kappa shape index (κ3) is 2.94. The third-order valence-electron chi connectivity index (χ3n) is 5.75. The van der Waals surface area contributed by atoms with E-state index < -0.39 is 0 Å². The lowest BCUT2D eigenvalue weighted by molar-refractivity contribution is -0.00703. The van der Waals surface area contributed by atoms with Crippen LogP contribution in [0.2, 0.25) is 0 Å². The van der Waals surface area contributed by atoms with Crippen molar-refractivity contribution in [3.05, 3.63) is 34.2 Å². The number of aromatic amines is 2. The van der Waals surface area contributed by atoms with Crippen LogP contribution < -0.4 is 0 Å². The van der Waals surface area contributed by atoms with Gasteiger partial charge in [0.2, 0.25) is 0 Å². The molecule has 0 saturated carbocycles. The fourth-order valence-electron chi connectivity index (χ4n) is 4.12. The number of carbonyl (C=O) groups excluding carboxylic acids is 1. The van der Waals surface area contributed by atoms with E-state index in [1.165, 1.54) is 0 Å². The molecular weight excluding hydrogens is 330 g/mol. The molecule has 2 aliphatic heterocycles. The molecule has 1 amide bonds. The molecule has 1 fully saturated rings. The number of imidazole rings is 1. The summed E-state index contributed by atoms with van der Waals surface area (Å²) in [4.78, 5) is 23.0. The van der Waals surface area contributed by atoms with Gasteiger partial charge in [-0.05, 0) is 40.5 Å². The Kier molecular flexibility index (Phi) is 4.34. The van der Waals surface area contributed by atoms with Gasteiger partial charge in [-0.1, -0.05) is 0 Å². The lowest BCUT2D eigenvalue weighted by Crippen LogP contribution is -2.39. The number of amides is 1. The van der Waals surface area contributed by atoms with Crippen LogP contribution in [0.3, 0.4) is 0 Å². The molecule has 0 spiro atoms. The molecule has 0 unspecified atom stereocenters. The normalized spacial score (nSPS) is 23.9. The summed E-state index contributed by atoms with van der Waals surface area (Å²) in [6, 6.07) is 0. The van der Waals surface area contributed by atoms with Crippen molar-refractivity contribution in [3.63, 3.8) is 0 Å². The minimum Gasteiger partial charge on any atom is -0.369 e. The molecule has 2 N–H and O–H groups in total. The van der Waals surface area contributed by atoms with Crippen LogP contribution in [0.1, 0.15) is 77.7 Å². The fourth-order valence-corrected chi connectivity index (χ4v) is 4.12. The average Bonchev–Trinajstić information content (AvgIpc) is 3.18. The predicted molar refractivity (Wildman–Crippen MR) is 97.2 cm³/mol. The van der Waals surface area contributed by atoms with Crippen molar-refractivity contribution in [3.8, 4) is 0 Å². The maximum atomic E-state index is 13.0. The number of likely N-dealkylation sites (tertiary alicyclic amines) is 1. The summed E-state index contributed by atoms with van der Waals surface area (Å²) in [7, 11) is 0. The molecule has 2 aromatic rings. The Balaban J connectivity index is 1.46. The van der Waals surface area contributed by atoms with Gasteiger partial charge in [0, 0.05) is 36.7 Å². The zero-order chi connectivity index (χ0) is 18.4. The zero-order valence-corrected chi connectivity index (χ0v) is 15.9. The minimum atomic E-state index is -0.0426. The first-order valence-corrected chi connectivity index (χ1v) is 9.49. The van der Waals surface area contributed by atoms with Crippen LogP contribution in [0.25, 0.3) is 0 Å². The van der Waals surface area contributed by atoms with Crippen LogP contribution in [-0.4, -0.2) is 50.2 Å². The Morgan fingerprint density at radius 2 is 1.96 bits per heavy atom. The molecule has 0 radical (unpaired) electrons. The average molecular weight is 357 g/mol. The fraction of sp³-hybridized carbons (Fsp3) is 0.632. The summed E-state index contributed by atoms with van der Waals surface area (Å²) < 4.78 is 5.82. The number of hydrogen-bond donors (Lipinski definition) is 2. The maximum Gasteiger partial charge on any atom is 0.274 e. The molecule has 0 aromatic carbocycles. The van der Waals surface area contributed by atoms with Gasteiger partial charge in [0.1, 0.15) is 5.82 Å². The van der Waals surface area contributed by atoms with E-state index in [-0.39, 0.29) is 18.1 Å². The summed E-state index contributed by atoms with van der Waals surface area (Å²) in [5, 5.41) is 7.36. The Morgan fingerprint density at radius 1 is 1.23 bits per heavy atom. The quantitative estimate of drug-likeness (QED) is 0.865. The Labute approximate surface area is 153 Å². The van der Waals surface area contributed by atoms with Gasteiger partial charge >= 0.3 is 0 Å². The summed E-state index contributed by atoms with van der Waals surface area (Å²) in [6.45, 7) is 9.60. The van der Waals surface area contributed by atoms with Crippen LogP contribution in [-0.2, 0) is 11.2 Å².